The molecule has 2 rings (SSSR count). The Kier molecular flexibility index (Phi) is 7.31. The minimum atomic E-state index is -3.66. The molecule has 1 amide bonds. The van der Waals surface area contributed by atoms with Gasteiger partial charge in [0, 0.05) is 19.7 Å². The van der Waals surface area contributed by atoms with E-state index in [2.05, 4.69) is 10.0 Å². The van der Waals surface area contributed by atoms with Gasteiger partial charge in [-0.3, -0.25) is 4.79 Å². The summed E-state index contributed by atoms with van der Waals surface area (Å²) in [7, 11) is -2.15. The fourth-order valence-corrected chi connectivity index (χ4v) is 3.08. The number of hydrogen-bond donors (Lipinski definition) is 2. The minimum absolute atomic E-state index is 0.0625. The van der Waals surface area contributed by atoms with Crippen molar-refractivity contribution in [2.24, 2.45) is 0 Å². The van der Waals surface area contributed by atoms with Gasteiger partial charge in [-0.2, -0.15) is 5.26 Å². The summed E-state index contributed by atoms with van der Waals surface area (Å²) in [6.45, 7) is 0.545. The second-order valence-electron chi connectivity index (χ2n) is 5.36. The summed E-state index contributed by atoms with van der Waals surface area (Å²) in [5.74, 6) is 0.0671. The van der Waals surface area contributed by atoms with Gasteiger partial charge in [0.25, 0.3) is 5.91 Å². The van der Waals surface area contributed by atoms with Crippen LogP contribution in [0, 0.1) is 11.3 Å². The van der Waals surface area contributed by atoms with Gasteiger partial charge in [0.15, 0.2) is 0 Å². The van der Waals surface area contributed by atoms with Crippen LogP contribution in [0.3, 0.4) is 0 Å². The lowest BCUT2D eigenvalue weighted by atomic mass is 10.2. The van der Waals surface area contributed by atoms with E-state index in [1.165, 1.54) is 25.3 Å². The molecule has 0 aliphatic carbocycles. The summed E-state index contributed by atoms with van der Waals surface area (Å²) in [6, 6.07) is 12.9. The van der Waals surface area contributed by atoms with E-state index in [-0.39, 0.29) is 29.3 Å². The van der Waals surface area contributed by atoms with Crippen molar-refractivity contribution < 1.29 is 22.4 Å². The Balaban J connectivity index is 2.01. The molecule has 27 heavy (non-hydrogen) atoms. The van der Waals surface area contributed by atoms with Gasteiger partial charge < -0.3 is 14.5 Å². The average molecular weight is 389 g/mol. The largest absolute Gasteiger partial charge is 0.460 e. The molecule has 0 saturated carbocycles. The van der Waals surface area contributed by atoms with Crippen LogP contribution >= 0.6 is 0 Å². The number of nitrogens with zero attached hydrogens (tertiary/aromatic N) is 1. The number of sulfonamides is 1. The molecule has 1 aromatic carbocycles. The van der Waals surface area contributed by atoms with Crippen LogP contribution in [-0.2, 0) is 26.1 Å². The highest BCUT2D eigenvalue weighted by Crippen LogP contribution is 2.14. The first-order valence-corrected chi connectivity index (χ1v) is 9.47. The monoisotopic (exact) mass is 389 g/mol. The number of nitriles is 1. The van der Waals surface area contributed by atoms with Crippen molar-refractivity contribution >= 4 is 22.0 Å². The van der Waals surface area contributed by atoms with E-state index < -0.39 is 15.9 Å². The van der Waals surface area contributed by atoms with E-state index >= 15 is 0 Å². The summed E-state index contributed by atoms with van der Waals surface area (Å²) in [6.07, 6.45) is 1.29. The molecule has 0 fully saturated rings. The molecule has 142 valence electrons. The zero-order valence-corrected chi connectivity index (χ0v) is 15.5. The third-order valence-corrected chi connectivity index (χ3v) is 4.83. The van der Waals surface area contributed by atoms with Crippen LogP contribution in [-0.4, -0.2) is 34.6 Å². The lowest BCUT2D eigenvalue weighted by molar-refractivity contribution is -0.117. The van der Waals surface area contributed by atoms with Crippen molar-refractivity contribution in [3.8, 4) is 6.07 Å². The van der Waals surface area contributed by atoms with Gasteiger partial charge in [-0.15, -0.1) is 0 Å². The number of rotatable bonds is 9. The molecule has 9 heteroatoms. The van der Waals surface area contributed by atoms with Crippen LogP contribution in [0.2, 0.25) is 0 Å². The Morgan fingerprint density at radius 2 is 2.00 bits per heavy atom. The molecule has 0 atom stereocenters. The number of furan rings is 1. The Labute approximate surface area is 157 Å². The van der Waals surface area contributed by atoms with E-state index in [0.717, 1.165) is 0 Å². The van der Waals surface area contributed by atoms with Crippen LogP contribution in [0.1, 0.15) is 11.5 Å². The quantitative estimate of drug-likeness (QED) is 0.380. The summed E-state index contributed by atoms with van der Waals surface area (Å²) in [5, 5.41) is 11.7. The Morgan fingerprint density at radius 1 is 1.26 bits per heavy atom. The van der Waals surface area contributed by atoms with Gasteiger partial charge in [0.05, 0.1) is 18.0 Å². The number of ether oxygens (including phenoxy) is 1. The number of hydrogen-bond acceptors (Lipinski definition) is 6. The van der Waals surface area contributed by atoms with Gasteiger partial charge in [0.1, 0.15) is 23.2 Å². The fourth-order valence-electron chi connectivity index (χ4n) is 2.07. The van der Waals surface area contributed by atoms with E-state index in [4.69, 9.17) is 14.4 Å². The summed E-state index contributed by atoms with van der Waals surface area (Å²) < 4.78 is 37.1. The maximum Gasteiger partial charge on any atom is 0.262 e. The molecular weight excluding hydrogens is 370 g/mol. The first kappa shape index (κ1) is 20.4. The molecule has 2 N–H and O–H groups in total. The van der Waals surface area contributed by atoms with Gasteiger partial charge in [0.2, 0.25) is 10.0 Å². The molecule has 8 nitrogen and oxygen atoms in total. The SMILES string of the molecule is COCCNC(=O)/C(C#N)=C\c1ccc(CNS(=O)(=O)c2ccccc2)o1. The number of carbonyl (C=O) groups excluding carboxylic acids is 1. The van der Waals surface area contributed by atoms with Gasteiger partial charge >= 0.3 is 0 Å². The minimum Gasteiger partial charge on any atom is -0.460 e. The molecule has 0 aliphatic heterocycles. The van der Waals surface area contributed by atoms with Crippen LogP contribution in [0.5, 0.6) is 0 Å². The summed E-state index contributed by atoms with van der Waals surface area (Å²) >= 11 is 0. The topological polar surface area (TPSA) is 121 Å². The highest BCUT2D eigenvalue weighted by atomic mass is 32.2. The number of methoxy groups -OCH3 is 1. The highest BCUT2D eigenvalue weighted by Gasteiger charge is 2.14. The van der Waals surface area contributed by atoms with Crippen LogP contribution < -0.4 is 10.0 Å². The molecule has 0 spiro atoms. The molecule has 0 saturated heterocycles. The van der Waals surface area contributed by atoms with Crippen molar-refractivity contribution in [2.75, 3.05) is 20.3 Å². The van der Waals surface area contributed by atoms with E-state index in [9.17, 15) is 13.2 Å². The Hall–Kier alpha value is -2.93. The standard InChI is InChI=1S/C18H19N3O5S/c1-25-10-9-20-18(22)14(12-19)11-15-7-8-16(26-15)13-21-27(23,24)17-5-3-2-4-6-17/h2-8,11,21H,9-10,13H2,1H3,(H,20,22)/b14-11-. The third kappa shape index (κ3) is 6.07. The average Bonchev–Trinajstić information content (AvgIpc) is 3.13. The van der Waals surface area contributed by atoms with Crippen molar-refractivity contribution in [1.29, 1.82) is 5.26 Å². The van der Waals surface area contributed by atoms with E-state index in [1.54, 1.807) is 36.4 Å². The van der Waals surface area contributed by atoms with Gasteiger partial charge in [-0.05, 0) is 24.3 Å². The second kappa shape index (κ2) is 9.68. The van der Waals surface area contributed by atoms with Crippen molar-refractivity contribution in [2.45, 2.75) is 11.4 Å². The summed E-state index contributed by atoms with van der Waals surface area (Å²) in [5.41, 5.74) is -0.128. The zero-order chi connectivity index (χ0) is 19.7. The predicted octanol–water partition coefficient (Wildman–Crippen LogP) is 1.43. The van der Waals surface area contributed by atoms with Crippen LogP contribution in [0.4, 0.5) is 0 Å². The third-order valence-electron chi connectivity index (χ3n) is 3.42. The van der Waals surface area contributed by atoms with E-state index in [0.29, 0.717) is 12.4 Å². The van der Waals surface area contributed by atoms with Crippen LogP contribution in [0.25, 0.3) is 6.08 Å². The molecule has 0 bridgehead atoms. The highest BCUT2D eigenvalue weighted by molar-refractivity contribution is 7.89. The maximum absolute atomic E-state index is 12.2. The molecule has 2 aromatic rings. The normalized spacial score (nSPS) is 11.8. The predicted molar refractivity (Wildman–Crippen MR) is 97.7 cm³/mol. The van der Waals surface area contributed by atoms with Crippen molar-refractivity contribution in [3.63, 3.8) is 0 Å². The molecule has 1 aromatic heterocycles. The van der Waals surface area contributed by atoms with Crippen molar-refractivity contribution in [3.05, 3.63) is 59.6 Å². The van der Waals surface area contributed by atoms with Gasteiger partial charge in [-0.1, -0.05) is 18.2 Å². The fraction of sp³-hybridized carbons (Fsp3) is 0.222. The summed E-state index contributed by atoms with van der Waals surface area (Å²) in [4.78, 5) is 12.0. The first-order chi connectivity index (χ1) is 13.0. The molecule has 0 aliphatic rings. The molecule has 1 heterocycles. The number of carbonyl (C=O) groups is 1. The van der Waals surface area contributed by atoms with Crippen LogP contribution in [0.15, 0.2) is 57.4 Å². The van der Waals surface area contributed by atoms with Gasteiger partial charge in [-0.25, -0.2) is 13.1 Å². The Bertz CT molecular complexity index is 943. The molecular formula is C18H19N3O5S. The Morgan fingerprint density at radius 3 is 2.67 bits per heavy atom. The van der Waals surface area contributed by atoms with E-state index in [1.807, 2.05) is 0 Å². The first-order valence-electron chi connectivity index (χ1n) is 7.98. The lowest BCUT2D eigenvalue weighted by Gasteiger charge is -2.04. The zero-order valence-electron chi connectivity index (χ0n) is 14.6. The van der Waals surface area contributed by atoms with Crippen molar-refractivity contribution in [1.82, 2.24) is 10.0 Å². The smallest absolute Gasteiger partial charge is 0.262 e. The number of benzene rings is 1. The molecule has 0 unspecified atom stereocenters. The second-order valence-corrected chi connectivity index (χ2v) is 7.13. The number of amides is 1. The number of nitrogens with one attached hydrogen (secondary N) is 2. The molecule has 0 radical (unpaired) electrons. The lowest BCUT2D eigenvalue weighted by Crippen LogP contribution is -2.27. The maximum atomic E-state index is 12.2.